The first-order valence-corrected chi connectivity index (χ1v) is 6.26. The summed E-state index contributed by atoms with van der Waals surface area (Å²) in [5.41, 5.74) is 7.26. The van der Waals surface area contributed by atoms with Crippen LogP contribution in [-0.2, 0) is 13.0 Å². The minimum atomic E-state index is -0.388. The van der Waals surface area contributed by atoms with Crippen molar-refractivity contribution in [3.05, 3.63) is 34.9 Å². The molecule has 1 heterocycles. The smallest absolute Gasteiger partial charge is 0.131 e. The van der Waals surface area contributed by atoms with Crippen molar-refractivity contribution in [2.24, 2.45) is 0 Å². The molecule has 5 heteroatoms. The molecule has 0 fully saturated rings. The summed E-state index contributed by atoms with van der Waals surface area (Å²) in [7, 11) is 0. The van der Waals surface area contributed by atoms with Gasteiger partial charge in [0.15, 0.2) is 0 Å². The Morgan fingerprint density at radius 3 is 2.56 bits per heavy atom. The number of anilines is 1. The molecular formula is C13H15ClFN3. The van der Waals surface area contributed by atoms with E-state index in [0.29, 0.717) is 22.1 Å². The average Bonchev–Trinajstić information content (AvgIpc) is 2.64. The summed E-state index contributed by atoms with van der Waals surface area (Å²) in [5, 5.41) is 0.341. The normalized spacial score (nSPS) is 10.9. The minimum Gasteiger partial charge on any atom is -0.383 e. The number of hydrogen-bond donors (Lipinski definition) is 1. The highest BCUT2D eigenvalue weighted by Crippen LogP contribution is 2.29. The van der Waals surface area contributed by atoms with Crippen molar-refractivity contribution in [1.29, 1.82) is 0 Å². The third-order valence-corrected chi connectivity index (χ3v) is 3.07. The second kappa shape index (κ2) is 4.98. The zero-order valence-corrected chi connectivity index (χ0v) is 11.1. The lowest BCUT2D eigenvalue weighted by atomic mass is 10.1. The Morgan fingerprint density at radius 2 is 2.06 bits per heavy atom. The molecule has 0 unspecified atom stereocenters. The highest BCUT2D eigenvalue weighted by molar-refractivity contribution is 6.30. The molecule has 0 aliphatic carbocycles. The van der Waals surface area contributed by atoms with Crippen LogP contribution >= 0.6 is 11.6 Å². The molecule has 18 heavy (non-hydrogen) atoms. The second-order valence-corrected chi connectivity index (χ2v) is 4.45. The first-order valence-electron chi connectivity index (χ1n) is 5.88. The monoisotopic (exact) mass is 267 g/mol. The Hall–Kier alpha value is -1.55. The lowest BCUT2D eigenvalue weighted by molar-refractivity contribution is 0.628. The molecule has 96 valence electrons. The van der Waals surface area contributed by atoms with Gasteiger partial charge in [-0.25, -0.2) is 9.37 Å². The van der Waals surface area contributed by atoms with E-state index in [1.807, 2.05) is 18.4 Å². The predicted octanol–water partition coefficient (Wildman–Crippen LogP) is 3.51. The Labute approximate surface area is 110 Å². The standard InChI is InChI=1S/C13H15ClFN3/c1-3-11-17-12(13(16)18(11)4-2)8-5-9(14)7-10(15)6-8/h5-7H,3-4,16H2,1-2H3. The van der Waals surface area contributed by atoms with Crippen LogP contribution < -0.4 is 5.73 Å². The SMILES string of the molecule is CCc1nc(-c2cc(F)cc(Cl)c2)c(N)n1CC. The lowest BCUT2D eigenvalue weighted by Crippen LogP contribution is -2.04. The van der Waals surface area contributed by atoms with E-state index in [2.05, 4.69) is 4.98 Å². The van der Waals surface area contributed by atoms with Crippen LogP contribution in [0.2, 0.25) is 5.02 Å². The molecule has 2 aromatic rings. The molecule has 0 saturated heterocycles. The van der Waals surface area contributed by atoms with E-state index in [1.54, 1.807) is 6.07 Å². The molecule has 0 atom stereocenters. The summed E-state index contributed by atoms with van der Waals surface area (Å²) < 4.78 is 15.3. The van der Waals surface area contributed by atoms with Gasteiger partial charge in [0.05, 0.1) is 0 Å². The molecule has 0 saturated carbocycles. The van der Waals surface area contributed by atoms with Crippen LogP contribution in [0, 0.1) is 5.82 Å². The fourth-order valence-corrected chi connectivity index (χ4v) is 2.26. The molecular weight excluding hydrogens is 253 g/mol. The quantitative estimate of drug-likeness (QED) is 0.925. The number of benzene rings is 1. The fraction of sp³-hybridized carbons (Fsp3) is 0.308. The number of nitrogens with zero attached hydrogens (tertiary/aromatic N) is 2. The van der Waals surface area contributed by atoms with Crippen LogP contribution in [0.4, 0.5) is 10.2 Å². The predicted molar refractivity (Wildman–Crippen MR) is 72.1 cm³/mol. The van der Waals surface area contributed by atoms with Crippen molar-refractivity contribution in [3.63, 3.8) is 0 Å². The average molecular weight is 268 g/mol. The van der Waals surface area contributed by atoms with E-state index in [0.717, 1.165) is 18.8 Å². The maximum Gasteiger partial charge on any atom is 0.131 e. The van der Waals surface area contributed by atoms with Gasteiger partial charge in [0.25, 0.3) is 0 Å². The van der Waals surface area contributed by atoms with E-state index < -0.39 is 0 Å². The summed E-state index contributed by atoms with van der Waals surface area (Å²) in [4.78, 5) is 4.46. The minimum absolute atomic E-state index is 0.341. The zero-order valence-electron chi connectivity index (χ0n) is 10.4. The van der Waals surface area contributed by atoms with Crippen LogP contribution in [0.3, 0.4) is 0 Å². The number of nitrogen functional groups attached to an aromatic ring is 1. The van der Waals surface area contributed by atoms with Crippen LogP contribution in [0.25, 0.3) is 11.3 Å². The third-order valence-electron chi connectivity index (χ3n) is 2.85. The third kappa shape index (κ3) is 2.20. The largest absolute Gasteiger partial charge is 0.383 e. The van der Waals surface area contributed by atoms with Gasteiger partial charge >= 0.3 is 0 Å². The van der Waals surface area contributed by atoms with Gasteiger partial charge in [-0.2, -0.15) is 0 Å². The highest BCUT2D eigenvalue weighted by atomic mass is 35.5. The summed E-state index contributed by atoms with van der Waals surface area (Å²) in [6, 6.07) is 4.32. The molecule has 0 aliphatic heterocycles. The summed E-state index contributed by atoms with van der Waals surface area (Å²) >= 11 is 5.85. The summed E-state index contributed by atoms with van der Waals surface area (Å²) in [5.74, 6) is 1.06. The van der Waals surface area contributed by atoms with Crippen molar-refractivity contribution in [2.75, 3.05) is 5.73 Å². The topological polar surface area (TPSA) is 43.8 Å². The van der Waals surface area contributed by atoms with Crippen LogP contribution in [0.1, 0.15) is 19.7 Å². The van der Waals surface area contributed by atoms with Crippen molar-refractivity contribution < 1.29 is 4.39 Å². The van der Waals surface area contributed by atoms with Crippen molar-refractivity contribution >= 4 is 17.4 Å². The molecule has 3 nitrogen and oxygen atoms in total. The van der Waals surface area contributed by atoms with Gasteiger partial charge in [-0.3, -0.25) is 0 Å². The van der Waals surface area contributed by atoms with Crippen LogP contribution in [0.15, 0.2) is 18.2 Å². The van der Waals surface area contributed by atoms with Crippen LogP contribution in [-0.4, -0.2) is 9.55 Å². The Bertz CT molecular complexity index is 558. The van der Waals surface area contributed by atoms with Crippen molar-refractivity contribution in [3.8, 4) is 11.3 Å². The Kier molecular flexibility index (Phi) is 3.57. The van der Waals surface area contributed by atoms with E-state index in [9.17, 15) is 4.39 Å². The molecule has 1 aromatic carbocycles. The first-order chi connectivity index (χ1) is 8.56. The Morgan fingerprint density at radius 1 is 1.33 bits per heavy atom. The number of aryl methyl sites for hydroxylation is 1. The van der Waals surface area contributed by atoms with Crippen molar-refractivity contribution in [2.45, 2.75) is 26.8 Å². The maximum absolute atomic E-state index is 13.4. The lowest BCUT2D eigenvalue weighted by Gasteiger charge is -2.05. The number of hydrogen-bond acceptors (Lipinski definition) is 2. The highest BCUT2D eigenvalue weighted by Gasteiger charge is 2.15. The molecule has 0 radical (unpaired) electrons. The first kappa shape index (κ1) is 12.9. The van der Waals surface area contributed by atoms with Gasteiger partial charge < -0.3 is 10.3 Å². The molecule has 0 amide bonds. The summed E-state index contributed by atoms with van der Waals surface area (Å²) in [6.07, 6.45) is 0.779. The van der Waals surface area contributed by atoms with Crippen LogP contribution in [0.5, 0.6) is 0 Å². The number of imidazole rings is 1. The molecule has 1 aromatic heterocycles. The number of rotatable bonds is 3. The Balaban J connectivity index is 2.60. The van der Waals surface area contributed by atoms with Gasteiger partial charge in [0, 0.05) is 23.6 Å². The zero-order chi connectivity index (χ0) is 13.3. The van der Waals surface area contributed by atoms with E-state index in [4.69, 9.17) is 17.3 Å². The number of halogens is 2. The molecule has 2 rings (SSSR count). The van der Waals surface area contributed by atoms with Gasteiger partial charge in [-0.1, -0.05) is 18.5 Å². The number of aromatic nitrogens is 2. The van der Waals surface area contributed by atoms with Crippen molar-refractivity contribution in [1.82, 2.24) is 9.55 Å². The van der Waals surface area contributed by atoms with E-state index in [-0.39, 0.29) is 5.82 Å². The van der Waals surface area contributed by atoms with Gasteiger partial charge in [0.2, 0.25) is 0 Å². The molecule has 0 spiro atoms. The van der Waals surface area contributed by atoms with Gasteiger partial charge in [0.1, 0.15) is 23.2 Å². The van der Waals surface area contributed by atoms with Gasteiger partial charge in [-0.05, 0) is 25.1 Å². The van der Waals surface area contributed by atoms with E-state index in [1.165, 1.54) is 12.1 Å². The van der Waals surface area contributed by atoms with E-state index >= 15 is 0 Å². The molecule has 0 bridgehead atoms. The maximum atomic E-state index is 13.4. The second-order valence-electron chi connectivity index (χ2n) is 4.02. The summed E-state index contributed by atoms with van der Waals surface area (Å²) in [6.45, 7) is 4.75. The fourth-order valence-electron chi connectivity index (χ4n) is 2.04. The number of nitrogens with two attached hydrogens (primary N) is 1. The van der Waals surface area contributed by atoms with Gasteiger partial charge in [-0.15, -0.1) is 0 Å². The molecule has 2 N–H and O–H groups in total. The molecule has 0 aliphatic rings.